The minimum Gasteiger partial charge on any atom is -0.396 e. The van der Waals surface area contributed by atoms with Crippen molar-refractivity contribution in [3.63, 3.8) is 0 Å². The van der Waals surface area contributed by atoms with Crippen molar-refractivity contribution in [3.05, 3.63) is 23.0 Å². The molecule has 112 valence electrons. The molecule has 1 fully saturated rings. The maximum Gasteiger partial charge on any atom is 0.178 e. The monoisotopic (exact) mass is 278 g/mol. The zero-order valence-corrected chi connectivity index (χ0v) is 12.9. The molecule has 1 N–H and O–H groups in total. The predicted octanol–water partition coefficient (Wildman–Crippen LogP) is 2.01. The number of aryl methyl sites for hydroxylation is 1. The van der Waals surface area contributed by atoms with Gasteiger partial charge in [0.15, 0.2) is 5.78 Å². The molecule has 0 radical (unpaired) electrons. The first-order valence-corrected chi connectivity index (χ1v) is 7.60. The minimum absolute atomic E-state index is 0.205. The summed E-state index contributed by atoms with van der Waals surface area (Å²) in [6, 6.07) is 2.01. The molecule has 0 amide bonds. The molecule has 0 aliphatic carbocycles. The van der Waals surface area contributed by atoms with Gasteiger partial charge < -0.3 is 9.67 Å². The van der Waals surface area contributed by atoms with E-state index < -0.39 is 0 Å². The number of ketones is 1. The molecular weight excluding hydrogens is 252 g/mol. The zero-order valence-electron chi connectivity index (χ0n) is 12.9. The Morgan fingerprint density at radius 3 is 2.80 bits per heavy atom. The van der Waals surface area contributed by atoms with Gasteiger partial charge in [0.05, 0.1) is 6.54 Å². The van der Waals surface area contributed by atoms with Gasteiger partial charge in [-0.15, -0.1) is 0 Å². The molecule has 1 aliphatic heterocycles. The van der Waals surface area contributed by atoms with E-state index in [-0.39, 0.29) is 12.4 Å². The summed E-state index contributed by atoms with van der Waals surface area (Å²) in [5.74, 6) is 0.538. The number of piperidine rings is 1. The maximum absolute atomic E-state index is 12.5. The second-order valence-electron chi connectivity index (χ2n) is 5.88. The predicted molar refractivity (Wildman–Crippen MR) is 80.2 cm³/mol. The Labute approximate surface area is 121 Å². The zero-order chi connectivity index (χ0) is 14.7. The summed E-state index contributed by atoms with van der Waals surface area (Å²) in [7, 11) is 0. The fourth-order valence-corrected chi connectivity index (χ4v) is 3.30. The molecule has 4 nitrogen and oxygen atoms in total. The molecule has 1 unspecified atom stereocenters. The van der Waals surface area contributed by atoms with Crippen molar-refractivity contribution < 1.29 is 9.90 Å². The van der Waals surface area contributed by atoms with Crippen LogP contribution in [0.25, 0.3) is 0 Å². The van der Waals surface area contributed by atoms with Crippen molar-refractivity contribution in [2.24, 2.45) is 5.92 Å². The third-order valence-electron chi connectivity index (χ3n) is 4.42. The van der Waals surface area contributed by atoms with Crippen LogP contribution in [0, 0.1) is 19.8 Å². The van der Waals surface area contributed by atoms with Crippen molar-refractivity contribution in [1.82, 2.24) is 9.47 Å². The Morgan fingerprint density at radius 1 is 1.45 bits per heavy atom. The van der Waals surface area contributed by atoms with Crippen molar-refractivity contribution in [2.75, 3.05) is 26.2 Å². The number of carbonyl (C=O) groups is 1. The molecule has 2 heterocycles. The second kappa shape index (κ2) is 6.55. The van der Waals surface area contributed by atoms with Crippen molar-refractivity contribution >= 4 is 5.78 Å². The topological polar surface area (TPSA) is 45.5 Å². The summed E-state index contributed by atoms with van der Waals surface area (Å²) in [6.45, 7) is 9.60. The first-order chi connectivity index (χ1) is 9.56. The van der Waals surface area contributed by atoms with E-state index in [1.54, 1.807) is 0 Å². The van der Waals surface area contributed by atoms with E-state index in [0.29, 0.717) is 12.5 Å². The molecule has 2 rings (SSSR count). The normalized spacial score (nSPS) is 20.3. The lowest BCUT2D eigenvalue weighted by Gasteiger charge is -2.31. The number of aliphatic hydroxyl groups is 1. The number of aromatic nitrogens is 1. The Kier molecular flexibility index (Phi) is 5.00. The van der Waals surface area contributed by atoms with Crippen LogP contribution in [0.2, 0.25) is 0 Å². The number of aliphatic hydroxyl groups excluding tert-OH is 1. The molecule has 20 heavy (non-hydrogen) atoms. The SMILES string of the molecule is CCn1c(C)cc(C(=O)CN2CCCC(CO)C2)c1C. The van der Waals surface area contributed by atoms with Gasteiger partial charge in [-0.05, 0) is 52.1 Å². The van der Waals surface area contributed by atoms with Gasteiger partial charge in [-0.25, -0.2) is 0 Å². The van der Waals surface area contributed by atoms with Gasteiger partial charge in [-0.2, -0.15) is 0 Å². The molecule has 1 aromatic rings. The molecule has 0 spiro atoms. The van der Waals surface area contributed by atoms with Gasteiger partial charge >= 0.3 is 0 Å². The van der Waals surface area contributed by atoms with Crippen LogP contribution < -0.4 is 0 Å². The fourth-order valence-electron chi connectivity index (χ4n) is 3.30. The largest absolute Gasteiger partial charge is 0.396 e. The van der Waals surface area contributed by atoms with Crippen LogP contribution in [0.15, 0.2) is 6.07 Å². The number of rotatable bonds is 5. The summed E-state index contributed by atoms with van der Waals surface area (Å²) in [5, 5.41) is 9.26. The summed E-state index contributed by atoms with van der Waals surface area (Å²) >= 11 is 0. The van der Waals surface area contributed by atoms with E-state index >= 15 is 0 Å². The Bertz CT molecular complexity index is 479. The molecule has 0 aromatic carbocycles. The standard InChI is InChI=1S/C16H26N2O2/c1-4-18-12(2)8-15(13(18)3)16(20)10-17-7-5-6-14(9-17)11-19/h8,14,19H,4-7,9-11H2,1-3H3. The van der Waals surface area contributed by atoms with Gasteiger partial charge in [-0.3, -0.25) is 9.69 Å². The molecule has 1 aromatic heterocycles. The van der Waals surface area contributed by atoms with Crippen LogP contribution >= 0.6 is 0 Å². The van der Waals surface area contributed by atoms with Gasteiger partial charge in [0.2, 0.25) is 0 Å². The van der Waals surface area contributed by atoms with Crippen LogP contribution in [0.5, 0.6) is 0 Å². The van der Waals surface area contributed by atoms with E-state index in [2.05, 4.69) is 23.3 Å². The Hall–Kier alpha value is -1.13. The lowest BCUT2D eigenvalue weighted by atomic mass is 9.98. The molecule has 1 saturated heterocycles. The highest BCUT2D eigenvalue weighted by molar-refractivity contribution is 5.99. The van der Waals surface area contributed by atoms with E-state index in [1.807, 2.05) is 13.0 Å². The second-order valence-corrected chi connectivity index (χ2v) is 5.88. The van der Waals surface area contributed by atoms with Gasteiger partial charge in [-0.1, -0.05) is 0 Å². The fraction of sp³-hybridized carbons (Fsp3) is 0.688. The highest BCUT2D eigenvalue weighted by Gasteiger charge is 2.23. The third kappa shape index (κ3) is 3.13. The summed E-state index contributed by atoms with van der Waals surface area (Å²) < 4.78 is 2.18. The maximum atomic E-state index is 12.5. The smallest absolute Gasteiger partial charge is 0.178 e. The average molecular weight is 278 g/mol. The van der Waals surface area contributed by atoms with E-state index in [9.17, 15) is 9.90 Å². The number of hydrogen-bond donors (Lipinski definition) is 1. The first-order valence-electron chi connectivity index (χ1n) is 7.60. The van der Waals surface area contributed by atoms with Crippen LogP contribution in [0.1, 0.15) is 41.5 Å². The van der Waals surface area contributed by atoms with E-state index in [0.717, 1.165) is 49.4 Å². The van der Waals surface area contributed by atoms with Crippen molar-refractivity contribution in [3.8, 4) is 0 Å². The number of carbonyl (C=O) groups excluding carboxylic acids is 1. The van der Waals surface area contributed by atoms with Gasteiger partial charge in [0.1, 0.15) is 0 Å². The van der Waals surface area contributed by atoms with Crippen molar-refractivity contribution in [2.45, 2.75) is 40.2 Å². The summed E-state index contributed by atoms with van der Waals surface area (Å²) in [6.07, 6.45) is 2.15. The molecule has 0 bridgehead atoms. The highest BCUT2D eigenvalue weighted by atomic mass is 16.3. The van der Waals surface area contributed by atoms with E-state index in [4.69, 9.17) is 0 Å². The van der Waals surface area contributed by atoms with E-state index in [1.165, 1.54) is 0 Å². The lowest BCUT2D eigenvalue weighted by Crippen LogP contribution is -2.39. The quantitative estimate of drug-likeness (QED) is 0.838. The van der Waals surface area contributed by atoms with Crippen LogP contribution in [0.3, 0.4) is 0 Å². The molecule has 1 aliphatic rings. The van der Waals surface area contributed by atoms with Crippen molar-refractivity contribution in [1.29, 1.82) is 0 Å². The molecular formula is C16H26N2O2. The minimum atomic E-state index is 0.205. The molecule has 0 saturated carbocycles. The third-order valence-corrected chi connectivity index (χ3v) is 4.42. The number of Topliss-reactive ketones (excluding diaryl/α,β-unsaturated/α-hetero) is 1. The first kappa shape index (κ1) is 15.3. The van der Waals surface area contributed by atoms with Crippen LogP contribution in [-0.4, -0.2) is 46.6 Å². The summed E-state index contributed by atoms with van der Waals surface area (Å²) in [4.78, 5) is 14.7. The van der Waals surface area contributed by atoms with Crippen LogP contribution in [-0.2, 0) is 6.54 Å². The Balaban J connectivity index is 2.05. The molecule has 4 heteroatoms. The average Bonchev–Trinajstić information content (AvgIpc) is 2.73. The van der Waals surface area contributed by atoms with Gasteiger partial charge in [0, 0.05) is 36.6 Å². The number of nitrogens with zero attached hydrogens (tertiary/aromatic N) is 2. The number of likely N-dealkylation sites (tertiary alicyclic amines) is 1. The molecule has 1 atom stereocenters. The van der Waals surface area contributed by atoms with Crippen LogP contribution in [0.4, 0.5) is 0 Å². The lowest BCUT2D eigenvalue weighted by molar-refractivity contribution is 0.0833. The Morgan fingerprint density at radius 2 is 2.20 bits per heavy atom. The highest BCUT2D eigenvalue weighted by Crippen LogP contribution is 2.19. The summed E-state index contributed by atoms with van der Waals surface area (Å²) in [5.41, 5.74) is 3.08. The van der Waals surface area contributed by atoms with Gasteiger partial charge in [0.25, 0.3) is 0 Å². The number of hydrogen-bond acceptors (Lipinski definition) is 3.